The lowest BCUT2D eigenvalue weighted by atomic mass is 9.91. The summed E-state index contributed by atoms with van der Waals surface area (Å²) in [4.78, 5) is 24.4. The molecule has 2 aliphatic rings. The van der Waals surface area contributed by atoms with Gasteiger partial charge in [-0.1, -0.05) is 31.5 Å². The van der Waals surface area contributed by atoms with E-state index in [9.17, 15) is 4.79 Å². The van der Waals surface area contributed by atoms with E-state index in [4.69, 9.17) is 9.97 Å². The Morgan fingerprint density at radius 3 is 2.52 bits per heavy atom. The Hall–Kier alpha value is -2.83. The van der Waals surface area contributed by atoms with Gasteiger partial charge in [-0.15, -0.1) is 0 Å². The lowest BCUT2D eigenvalue weighted by Gasteiger charge is -2.30. The Balaban J connectivity index is 1.30. The minimum Gasteiger partial charge on any atom is -0.362 e. The van der Waals surface area contributed by atoms with Crippen LogP contribution in [0.5, 0.6) is 0 Å². The third-order valence-corrected chi connectivity index (χ3v) is 6.77. The fourth-order valence-electron chi connectivity index (χ4n) is 5.05. The van der Waals surface area contributed by atoms with Gasteiger partial charge in [0, 0.05) is 37.4 Å². The average molecular weight is 451 g/mol. The molecule has 33 heavy (non-hydrogen) atoms. The number of carbonyl (C=O) groups is 1. The fraction of sp³-hybridized carbons (Fsp3) is 0.577. The molecular formula is C26H38N6O. The number of nitrogens with zero attached hydrogens (tertiary/aromatic N) is 3. The van der Waals surface area contributed by atoms with E-state index in [0.717, 1.165) is 68.8 Å². The summed E-state index contributed by atoms with van der Waals surface area (Å²) >= 11 is 0. The molecule has 178 valence electrons. The molecule has 1 aromatic heterocycles. The van der Waals surface area contributed by atoms with Crippen LogP contribution >= 0.6 is 0 Å². The van der Waals surface area contributed by atoms with Crippen LogP contribution in [-0.2, 0) is 19.3 Å². The molecule has 2 aromatic rings. The van der Waals surface area contributed by atoms with Crippen LogP contribution in [0.2, 0.25) is 0 Å². The Kier molecular flexibility index (Phi) is 7.68. The molecule has 0 unspecified atom stereocenters. The number of fused-ring (bicyclic) bond motifs is 1. The number of aromatic nitrogens is 2. The van der Waals surface area contributed by atoms with E-state index in [1.807, 2.05) is 18.2 Å². The highest BCUT2D eigenvalue weighted by Gasteiger charge is 2.25. The van der Waals surface area contributed by atoms with E-state index in [0.29, 0.717) is 6.04 Å². The van der Waals surface area contributed by atoms with Crippen molar-refractivity contribution < 1.29 is 4.79 Å². The van der Waals surface area contributed by atoms with Crippen LogP contribution in [-0.4, -0.2) is 42.2 Å². The number of hydrogen-bond acceptors (Lipinski definition) is 5. The highest BCUT2D eigenvalue weighted by Crippen LogP contribution is 2.29. The van der Waals surface area contributed by atoms with Gasteiger partial charge in [0.05, 0.1) is 5.69 Å². The molecule has 0 atom stereocenters. The molecule has 2 aliphatic carbocycles. The molecule has 7 nitrogen and oxygen atoms in total. The first-order chi connectivity index (χ1) is 16.0. The molecule has 1 aromatic carbocycles. The molecule has 1 fully saturated rings. The van der Waals surface area contributed by atoms with Crippen molar-refractivity contribution in [1.82, 2.24) is 15.3 Å². The Bertz CT molecular complexity index is 952. The lowest BCUT2D eigenvalue weighted by molar-refractivity contribution is 0.243. The Labute approximate surface area is 197 Å². The number of hydrogen-bond donors (Lipinski definition) is 3. The normalized spacial score (nSPS) is 20.0. The highest BCUT2D eigenvalue weighted by molar-refractivity contribution is 5.90. The predicted octanol–water partition coefficient (Wildman–Crippen LogP) is 4.92. The number of benzene rings is 1. The molecular weight excluding hydrogens is 412 g/mol. The molecule has 3 N–H and O–H groups in total. The summed E-state index contributed by atoms with van der Waals surface area (Å²) in [6.45, 7) is 2.15. The van der Waals surface area contributed by atoms with Crippen LogP contribution in [0.15, 0.2) is 24.3 Å². The van der Waals surface area contributed by atoms with Crippen LogP contribution in [0.1, 0.15) is 68.7 Å². The fourth-order valence-corrected chi connectivity index (χ4v) is 5.05. The molecule has 0 aliphatic heterocycles. The monoisotopic (exact) mass is 450 g/mol. The summed E-state index contributed by atoms with van der Waals surface area (Å²) in [5.41, 5.74) is 4.62. The predicted molar refractivity (Wildman–Crippen MR) is 135 cm³/mol. The van der Waals surface area contributed by atoms with E-state index in [1.165, 1.54) is 29.7 Å². The van der Waals surface area contributed by atoms with E-state index >= 15 is 0 Å². The molecule has 0 spiro atoms. The zero-order chi connectivity index (χ0) is 23.2. The van der Waals surface area contributed by atoms with Gasteiger partial charge >= 0.3 is 6.03 Å². The zero-order valence-corrected chi connectivity index (χ0v) is 20.3. The number of rotatable bonds is 7. The van der Waals surface area contributed by atoms with E-state index in [-0.39, 0.29) is 12.1 Å². The molecule has 0 bridgehead atoms. The van der Waals surface area contributed by atoms with Crippen molar-refractivity contribution in [2.45, 2.75) is 83.2 Å². The van der Waals surface area contributed by atoms with Crippen LogP contribution in [0.3, 0.4) is 0 Å². The maximum atomic E-state index is 12.6. The van der Waals surface area contributed by atoms with Gasteiger partial charge in [-0.2, -0.15) is 4.98 Å². The van der Waals surface area contributed by atoms with Crippen LogP contribution in [0.4, 0.5) is 22.2 Å². The summed E-state index contributed by atoms with van der Waals surface area (Å²) in [5, 5.41) is 9.80. The average Bonchev–Trinajstić information content (AvgIpc) is 2.81. The minimum absolute atomic E-state index is 0.108. The maximum absolute atomic E-state index is 12.6. The Morgan fingerprint density at radius 1 is 1.03 bits per heavy atom. The lowest BCUT2D eigenvalue weighted by Crippen LogP contribution is -2.42. The first kappa shape index (κ1) is 23.3. The van der Waals surface area contributed by atoms with Crippen LogP contribution in [0.25, 0.3) is 0 Å². The standard InChI is InChI=1S/C26H38N6O/c1-4-9-18-10-5-7-12-22(18)30-26(33)28-20-16-14-19(15-17-20)27-25-29-23-13-8-6-11-21(23)24(31-25)32(2)3/h5,7,10,12,19-20H,4,6,8-9,11,13-17H2,1-3H3,(H,27,29,31)(H2,28,30,33)/t19-,20+. The largest absolute Gasteiger partial charge is 0.362 e. The number of carbonyl (C=O) groups excluding carboxylic acids is 1. The first-order valence-corrected chi connectivity index (χ1v) is 12.5. The summed E-state index contributed by atoms with van der Waals surface area (Å²) in [6, 6.07) is 8.48. The van der Waals surface area contributed by atoms with Gasteiger partial charge in [0.2, 0.25) is 5.95 Å². The van der Waals surface area contributed by atoms with Gasteiger partial charge in [-0.25, -0.2) is 9.78 Å². The number of para-hydroxylation sites is 1. The number of anilines is 3. The molecule has 7 heteroatoms. The second-order valence-electron chi connectivity index (χ2n) is 9.60. The Morgan fingerprint density at radius 2 is 1.76 bits per heavy atom. The van der Waals surface area contributed by atoms with Crippen molar-refractivity contribution in [3.05, 3.63) is 41.1 Å². The maximum Gasteiger partial charge on any atom is 0.319 e. The molecule has 1 heterocycles. The van der Waals surface area contributed by atoms with E-state index < -0.39 is 0 Å². The number of amides is 2. The summed E-state index contributed by atoms with van der Waals surface area (Å²) in [6.07, 6.45) is 10.5. The number of nitrogens with one attached hydrogen (secondary N) is 3. The van der Waals surface area contributed by atoms with Crippen molar-refractivity contribution in [2.24, 2.45) is 0 Å². The van der Waals surface area contributed by atoms with Crippen molar-refractivity contribution in [1.29, 1.82) is 0 Å². The van der Waals surface area contributed by atoms with Crippen molar-refractivity contribution in [3.8, 4) is 0 Å². The van der Waals surface area contributed by atoms with Gasteiger partial charge in [0.15, 0.2) is 0 Å². The molecule has 0 saturated heterocycles. The van der Waals surface area contributed by atoms with Crippen LogP contribution in [0, 0.1) is 0 Å². The summed E-state index contributed by atoms with van der Waals surface area (Å²) in [7, 11) is 4.12. The van der Waals surface area contributed by atoms with E-state index in [1.54, 1.807) is 0 Å². The summed E-state index contributed by atoms with van der Waals surface area (Å²) < 4.78 is 0. The third kappa shape index (κ3) is 5.95. The van der Waals surface area contributed by atoms with Gasteiger partial charge in [-0.05, 0) is 69.4 Å². The van der Waals surface area contributed by atoms with Gasteiger partial charge in [0.1, 0.15) is 5.82 Å². The zero-order valence-electron chi connectivity index (χ0n) is 20.3. The molecule has 4 rings (SSSR count). The number of urea groups is 1. The van der Waals surface area contributed by atoms with E-state index in [2.05, 4.69) is 47.9 Å². The quantitative estimate of drug-likeness (QED) is 0.558. The van der Waals surface area contributed by atoms with Crippen LogP contribution < -0.4 is 20.9 Å². The molecule has 2 amide bonds. The smallest absolute Gasteiger partial charge is 0.319 e. The van der Waals surface area contributed by atoms with Crippen molar-refractivity contribution >= 4 is 23.5 Å². The van der Waals surface area contributed by atoms with Crippen molar-refractivity contribution in [2.75, 3.05) is 29.6 Å². The second kappa shape index (κ2) is 10.9. The highest BCUT2D eigenvalue weighted by atomic mass is 16.2. The van der Waals surface area contributed by atoms with Gasteiger partial charge in [0.25, 0.3) is 0 Å². The van der Waals surface area contributed by atoms with Gasteiger partial charge in [-0.3, -0.25) is 0 Å². The first-order valence-electron chi connectivity index (χ1n) is 12.5. The second-order valence-corrected chi connectivity index (χ2v) is 9.60. The topological polar surface area (TPSA) is 82.2 Å². The molecule has 0 radical (unpaired) electrons. The third-order valence-electron chi connectivity index (χ3n) is 6.77. The minimum atomic E-state index is -0.108. The van der Waals surface area contributed by atoms with Crippen molar-refractivity contribution in [3.63, 3.8) is 0 Å². The SMILES string of the molecule is CCCc1ccccc1NC(=O)N[C@H]1CC[C@@H](Nc2nc3c(c(N(C)C)n2)CCCC3)CC1. The summed E-state index contributed by atoms with van der Waals surface area (Å²) in [5.74, 6) is 1.80. The number of aryl methyl sites for hydroxylation is 2. The van der Waals surface area contributed by atoms with Gasteiger partial charge < -0.3 is 20.9 Å². The molecule has 1 saturated carbocycles.